The van der Waals surface area contributed by atoms with Crippen LogP contribution in [0.5, 0.6) is 0 Å². The van der Waals surface area contributed by atoms with Gasteiger partial charge in [-0.25, -0.2) is 4.98 Å². The Bertz CT molecular complexity index is 475. The predicted molar refractivity (Wildman–Crippen MR) is 91.2 cm³/mol. The second-order valence-electron chi connectivity index (χ2n) is 6.13. The zero-order valence-electron chi connectivity index (χ0n) is 13.0. The molecule has 0 unspecified atom stereocenters. The number of anilines is 1. The molecule has 4 nitrogen and oxygen atoms in total. The van der Waals surface area contributed by atoms with Crippen molar-refractivity contribution in [2.45, 2.75) is 46.5 Å². The first kappa shape index (κ1) is 18.4. The molecular formula is C15H26ClN3OS. The zero-order valence-corrected chi connectivity index (χ0v) is 14.6. The molecule has 0 radical (unpaired) electrons. The van der Waals surface area contributed by atoms with Crippen LogP contribution >= 0.6 is 23.7 Å². The van der Waals surface area contributed by atoms with Gasteiger partial charge in [-0.2, -0.15) is 0 Å². The van der Waals surface area contributed by atoms with Crippen LogP contribution in [-0.2, 0) is 11.2 Å². The van der Waals surface area contributed by atoms with E-state index in [2.05, 4.69) is 24.1 Å². The number of nitrogens with one attached hydrogen (secondary N) is 1. The first-order valence-electron chi connectivity index (χ1n) is 7.48. The fraction of sp³-hybridized carbons (Fsp3) is 0.733. The van der Waals surface area contributed by atoms with Gasteiger partial charge in [0, 0.05) is 5.92 Å². The Labute approximate surface area is 137 Å². The average molecular weight is 332 g/mol. The number of nitrogens with two attached hydrogens (primary N) is 1. The highest BCUT2D eigenvalue weighted by molar-refractivity contribution is 7.16. The maximum atomic E-state index is 12.4. The van der Waals surface area contributed by atoms with Gasteiger partial charge in [-0.1, -0.05) is 20.3 Å². The Balaban J connectivity index is 0.00000220. The molecule has 0 aliphatic heterocycles. The van der Waals surface area contributed by atoms with Crippen molar-refractivity contribution >= 4 is 34.7 Å². The summed E-state index contributed by atoms with van der Waals surface area (Å²) in [5.74, 6) is 1.09. The summed E-state index contributed by atoms with van der Waals surface area (Å²) in [5.41, 5.74) is 6.79. The lowest BCUT2D eigenvalue weighted by atomic mass is 9.95. The van der Waals surface area contributed by atoms with Gasteiger partial charge in [-0.05, 0) is 44.6 Å². The first-order valence-corrected chi connectivity index (χ1v) is 8.30. The van der Waals surface area contributed by atoms with Gasteiger partial charge in [0.05, 0.1) is 10.7 Å². The van der Waals surface area contributed by atoms with Crippen molar-refractivity contribution in [2.24, 2.45) is 23.5 Å². The number of thiazole rings is 1. The molecule has 1 aliphatic rings. The van der Waals surface area contributed by atoms with Crippen molar-refractivity contribution in [2.75, 3.05) is 11.9 Å². The van der Waals surface area contributed by atoms with Gasteiger partial charge in [0.15, 0.2) is 0 Å². The molecule has 1 aliphatic carbocycles. The van der Waals surface area contributed by atoms with Gasteiger partial charge in [-0.3, -0.25) is 4.79 Å². The maximum absolute atomic E-state index is 12.4. The lowest BCUT2D eigenvalue weighted by Gasteiger charge is -2.17. The molecule has 120 valence electrons. The van der Waals surface area contributed by atoms with Crippen LogP contribution in [0.3, 0.4) is 0 Å². The highest BCUT2D eigenvalue weighted by Crippen LogP contribution is 2.33. The minimum Gasteiger partial charge on any atom is -0.330 e. The summed E-state index contributed by atoms with van der Waals surface area (Å²) in [6, 6.07) is 0. The number of hydrogen-bond donors (Lipinski definition) is 2. The number of aromatic nitrogens is 1. The predicted octanol–water partition coefficient (Wildman–Crippen LogP) is 3.39. The van der Waals surface area contributed by atoms with Crippen LogP contribution in [0.15, 0.2) is 0 Å². The lowest BCUT2D eigenvalue weighted by molar-refractivity contribution is -0.120. The fourth-order valence-electron chi connectivity index (χ4n) is 2.96. The van der Waals surface area contributed by atoms with Crippen molar-refractivity contribution in [3.05, 3.63) is 10.7 Å². The number of hydrogen-bond acceptors (Lipinski definition) is 4. The summed E-state index contributed by atoms with van der Waals surface area (Å²) in [6.07, 6.45) is 4.06. The fourth-order valence-corrected chi connectivity index (χ4v) is 3.81. The van der Waals surface area contributed by atoms with Crippen LogP contribution in [0.2, 0.25) is 0 Å². The number of nitrogens with zero attached hydrogens (tertiary/aromatic N) is 1. The number of rotatable bonds is 5. The second-order valence-corrected chi connectivity index (χ2v) is 7.33. The molecule has 2 rings (SSSR count). The molecule has 1 amide bonds. The number of halogens is 1. The lowest BCUT2D eigenvalue weighted by Crippen LogP contribution is -2.29. The van der Waals surface area contributed by atoms with E-state index in [0.717, 1.165) is 41.4 Å². The van der Waals surface area contributed by atoms with Crippen LogP contribution < -0.4 is 11.1 Å². The number of amides is 1. The van der Waals surface area contributed by atoms with E-state index in [1.807, 2.05) is 6.92 Å². The zero-order chi connectivity index (χ0) is 14.7. The van der Waals surface area contributed by atoms with E-state index < -0.39 is 0 Å². The van der Waals surface area contributed by atoms with E-state index in [1.165, 1.54) is 0 Å². The molecule has 1 aromatic heterocycles. The minimum absolute atomic E-state index is 0. The molecule has 0 aromatic carbocycles. The van der Waals surface area contributed by atoms with E-state index in [1.54, 1.807) is 11.3 Å². The molecule has 0 spiro atoms. The van der Waals surface area contributed by atoms with Gasteiger partial charge >= 0.3 is 0 Å². The largest absolute Gasteiger partial charge is 0.330 e. The van der Waals surface area contributed by atoms with E-state index in [0.29, 0.717) is 18.4 Å². The van der Waals surface area contributed by atoms with Gasteiger partial charge in [0.2, 0.25) is 5.91 Å². The minimum atomic E-state index is 0. The third kappa shape index (κ3) is 4.66. The molecule has 2 atom stereocenters. The second kappa shape index (κ2) is 8.11. The topological polar surface area (TPSA) is 68.0 Å². The third-order valence-electron chi connectivity index (χ3n) is 3.94. The summed E-state index contributed by atoms with van der Waals surface area (Å²) in [5, 5.41) is 5.05. The molecule has 1 heterocycles. The standard InChI is InChI=1S/C15H25N3OS.ClH/c1-9(2)7-13-15(20-10(3)17-13)18-14(19)12-6-4-5-11(12)8-16;/h9,11-12H,4-8,16H2,1-3H3,(H,18,19);1H/t11-,12-;/m1./s1. The van der Waals surface area contributed by atoms with Gasteiger partial charge in [0.1, 0.15) is 5.00 Å². The van der Waals surface area contributed by atoms with E-state index in [9.17, 15) is 4.79 Å². The Morgan fingerprint density at radius 1 is 1.48 bits per heavy atom. The number of aryl methyl sites for hydroxylation is 1. The van der Waals surface area contributed by atoms with Crippen LogP contribution in [0.1, 0.15) is 43.8 Å². The molecule has 3 N–H and O–H groups in total. The van der Waals surface area contributed by atoms with Crippen molar-refractivity contribution < 1.29 is 4.79 Å². The molecule has 1 saturated carbocycles. The van der Waals surface area contributed by atoms with E-state index in [-0.39, 0.29) is 24.2 Å². The number of carbonyl (C=O) groups is 1. The highest BCUT2D eigenvalue weighted by atomic mass is 35.5. The quantitative estimate of drug-likeness (QED) is 0.869. The summed E-state index contributed by atoms with van der Waals surface area (Å²) in [6.45, 7) is 6.93. The van der Waals surface area contributed by atoms with Crippen LogP contribution in [0, 0.1) is 24.7 Å². The van der Waals surface area contributed by atoms with Crippen molar-refractivity contribution in [3.8, 4) is 0 Å². The Morgan fingerprint density at radius 3 is 2.81 bits per heavy atom. The van der Waals surface area contributed by atoms with E-state index >= 15 is 0 Å². The van der Waals surface area contributed by atoms with Gasteiger partial charge in [-0.15, -0.1) is 23.7 Å². The van der Waals surface area contributed by atoms with Crippen molar-refractivity contribution in [1.29, 1.82) is 0 Å². The Kier molecular flexibility index (Phi) is 7.10. The van der Waals surface area contributed by atoms with E-state index in [4.69, 9.17) is 5.73 Å². The molecule has 0 bridgehead atoms. The summed E-state index contributed by atoms with van der Waals surface area (Å²) >= 11 is 1.58. The molecule has 6 heteroatoms. The average Bonchev–Trinajstić information content (AvgIpc) is 2.95. The summed E-state index contributed by atoms with van der Waals surface area (Å²) in [4.78, 5) is 17.0. The Morgan fingerprint density at radius 2 is 2.19 bits per heavy atom. The van der Waals surface area contributed by atoms with Crippen molar-refractivity contribution in [3.63, 3.8) is 0 Å². The van der Waals surface area contributed by atoms with Crippen LogP contribution in [0.4, 0.5) is 5.00 Å². The number of carbonyl (C=O) groups excluding carboxylic acids is 1. The van der Waals surface area contributed by atoms with Gasteiger partial charge < -0.3 is 11.1 Å². The molecule has 1 aromatic rings. The SMILES string of the molecule is Cc1nc(CC(C)C)c(NC(=O)[C@@H]2CCC[C@@H]2CN)s1.Cl. The monoisotopic (exact) mass is 331 g/mol. The maximum Gasteiger partial charge on any atom is 0.228 e. The molecular weight excluding hydrogens is 306 g/mol. The summed E-state index contributed by atoms with van der Waals surface area (Å²) < 4.78 is 0. The molecule has 21 heavy (non-hydrogen) atoms. The molecule has 0 saturated heterocycles. The van der Waals surface area contributed by atoms with Crippen LogP contribution in [-0.4, -0.2) is 17.4 Å². The van der Waals surface area contributed by atoms with Crippen LogP contribution in [0.25, 0.3) is 0 Å². The highest BCUT2D eigenvalue weighted by Gasteiger charge is 2.32. The smallest absolute Gasteiger partial charge is 0.228 e. The summed E-state index contributed by atoms with van der Waals surface area (Å²) in [7, 11) is 0. The Hall–Kier alpha value is -0.650. The van der Waals surface area contributed by atoms with Gasteiger partial charge in [0.25, 0.3) is 0 Å². The first-order chi connectivity index (χ1) is 9.51. The normalized spacial score (nSPS) is 21.4. The molecule has 1 fully saturated rings. The van der Waals surface area contributed by atoms with Crippen molar-refractivity contribution in [1.82, 2.24) is 4.98 Å². The third-order valence-corrected chi connectivity index (χ3v) is 4.87.